The third kappa shape index (κ3) is 3.97. The fraction of sp³-hybridized carbons (Fsp3) is 0.136. The first-order valence-electron chi connectivity index (χ1n) is 9.56. The zero-order chi connectivity index (χ0) is 23.9. The van der Waals surface area contributed by atoms with Crippen LogP contribution in [-0.4, -0.2) is 26.9 Å². The third-order valence-electron chi connectivity index (χ3n) is 4.81. The number of esters is 1. The van der Waals surface area contributed by atoms with Gasteiger partial charge < -0.3 is 9.72 Å². The van der Waals surface area contributed by atoms with Gasteiger partial charge in [-0.2, -0.15) is 13.2 Å². The standard InChI is InChI=1S/C22H14F5N3O3/c1-2-33-20(32)17-18(12-5-3-4-6-14(12)22(25,26)27)29-21-28-16(10-30(21)19(17)31)13-8-7-11(23)9-15(13)24/h3-10H,2H2,1H3,(H,28,29). The Morgan fingerprint density at radius 1 is 1.12 bits per heavy atom. The van der Waals surface area contributed by atoms with Crippen LogP contribution in [0.25, 0.3) is 28.3 Å². The Morgan fingerprint density at radius 2 is 1.85 bits per heavy atom. The number of hydrogen-bond donors (Lipinski definition) is 1. The maximum Gasteiger partial charge on any atom is 0.417 e. The number of aromatic amines is 1. The minimum Gasteiger partial charge on any atom is -0.462 e. The molecule has 1 N–H and O–H groups in total. The number of H-pyrrole nitrogens is 1. The molecule has 0 saturated carbocycles. The highest BCUT2D eigenvalue weighted by Gasteiger charge is 2.35. The minimum atomic E-state index is -4.79. The van der Waals surface area contributed by atoms with E-state index in [2.05, 4.69) is 9.97 Å². The van der Waals surface area contributed by atoms with Crippen molar-refractivity contribution in [3.8, 4) is 22.5 Å². The molecule has 0 saturated heterocycles. The molecule has 0 radical (unpaired) electrons. The van der Waals surface area contributed by atoms with Crippen molar-refractivity contribution in [2.75, 3.05) is 6.61 Å². The number of nitrogens with zero attached hydrogens (tertiary/aromatic N) is 2. The van der Waals surface area contributed by atoms with Crippen LogP contribution < -0.4 is 5.56 Å². The van der Waals surface area contributed by atoms with Crippen molar-refractivity contribution in [2.45, 2.75) is 13.1 Å². The summed E-state index contributed by atoms with van der Waals surface area (Å²) in [6, 6.07) is 7.08. The molecular formula is C22H14F5N3O3. The average molecular weight is 463 g/mol. The zero-order valence-corrected chi connectivity index (χ0v) is 16.8. The van der Waals surface area contributed by atoms with Gasteiger partial charge in [-0.15, -0.1) is 0 Å². The van der Waals surface area contributed by atoms with Crippen LogP contribution in [0.4, 0.5) is 22.0 Å². The van der Waals surface area contributed by atoms with E-state index in [4.69, 9.17) is 4.74 Å². The highest BCUT2D eigenvalue weighted by atomic mass is 19.4. The Labute approximate surface area is 182 Å². The summed E-state index contributed by atoms with van der Waals surface area (Å²) in [5.74, 6) is -3.18. The van der Waals surface area contributed by atoms with Crippen molar-refractivity contribution in [1.29, 1.82) is 0 Å². The van der Waals surface area contributed by atoms with Crippen molar-refractivity contribution >= 4 is 11.7 Å². The molecule has 0 spiro atoms. The Hall–Kier alpha value is -4.02. The van der Waals surface area contributed by atoms with Gasteiger partial charge in [-0.25, -0.2) is 18.6 Å². The van der Waals surface area contributed by atoms with Gasteiger partial charge in [0.15, 0.2) is 0 Å². The van der Waals surface area contributed by atoms with E-state index in [1.807, 2.05) is 0 Å². The van der Waals surface area contributed by atoms with Crippen molar-refractivity contribution < 1.29 is 31.5 Å². The van der Waals surface area contributed by atoms with Crippen LogP contribution in [0.5, 0.6) is 0 Å². The van der Waals surface area contributed by atoms with Gasteiger partial charge in [-0.1, -0.05) is 18.2 Å². The first-order valence-corrected chi connectivity index (χ1v) is 9.56. The molecule has 0 unspecified atom stereocenters. The fourth-order valence-electron chi connectivity index (χ4n) is 3.39. The van der Waals surface area contributed by atoms with Crippen LogP contribution in [-0.2, 0) is 10.9 Å². The van der Waals surface area contributed by atoms with Gasteiger partial charge in [-0.3, -0.25) is 9.20 Å². The Bertz CT molecular complexity index is 1440. The number of nitrogens with one attached hydrogen (secondary N) is 1. The van der Waals surface area contributed by atoms with Crippen LogP contribution >= 0.6 is 0 Å². The Morgan fingerprint density at radius 3 is 2.52 bits per heavy atom. The van der Waals surface area contributed by atoms with Crippen molar-refractivity contribution in [2.24, 2.45) is 0 Å². The zero-order valence-electron chi connectivity index (χ0n) is 16.8. The summed E-state index contributed by atoms with van der Waals surface area (Å²) in [6.45, 7) is 1.34. The number of benzene rings is 2. The molecule has 11 heteroatoms. The predicted molar refractivity (Wildman–Crippen MR) is 108 cm³/mol. The molecule has 0 bridgehead atoms. The number of alkyl halides is 3. The van der Waals surface area contributed by atoms with Gasteiger partial charge in [0.25, 0.3) is 5.56 Å². The molecular weight excluding hydrogens is 449 g/mol. The summed E-state index contributed by atoms with van der Waals surface area (Å²) < 4.78 is 74.1. The van der Waals surface area contributed by atoms with E-state index in [1.165, 1.54) is 13.0 Å². The highest BCUT2D eigenvalue weighted by molar-refractivity contribution is 5.96. The summed E-state index contributed by atoms with van der Waals surface area (Å²) in [4.78, 5) is 32.4. The largest absolute Gasteiger partial charge is 0.462 e. The SMILES string of the molecule is CCOC(=O)c1c(-c2ccccc2C(F)(F)F)[nH]c2nc(-c3ccc(F)cc3F)cn2c1=O. The molecule has 0 fully saturated rings. The lowest BCUT2D eigenvalue weighted by Crippen LogP contribution is -2.26. The van der Waals surface area contributed by atoms with Gasteiger partial charge in [0.1, 0.15) is 17.2 Å². The molecule has 4 rings (SSSR count). The van der Waals surface area contributed by atoms with Gasteiger partial charge in [0, 0.05) is 23.4 Å². The van der Waals surface area contributed by atoms with Gasteiger partial charge in [0.05, 0.1) is 23.6 Å². The van der Waals surface area contributed by atoms with Gasteiger partial charge in [0.2, 0.25) is 5.78 Å². The lowest BCUT2D eigenvalue weighted by Gasteiger charge is -2.15. The van der Waals surface area contributed by atoms with Crippen LogP contribution in [0.15, 0.2) is 53.5 Å². The van der Waals surface area contributed by atoms with Crippen molar-refractivity contribution in [3.63, 3.8) is 0 Å². The Kier molecular flexibility index (Phi) is 5.48. The molecule has 0 aliphatic rings. The van der Waals surface area contributed by atoms with E-state index < -0.39 is 51.7 Å². The van der Waals surface area contributed by atoms with Crippen LogP contribution in [0.1, 0.15) is 22.8 Å². The molecule has 6 nitrogen and oxygen atoms in total. The maximum atomic E-state index is 14.2. The van der Waals surface area contributed by atoms with Crippen molar-refractivity contribution in [3.05, 3.63) is 81.8 Å². The number of carbonyl (C=O) groups is 1. The minimum absolute atomic E-state index is 0.100. The van der Waals surface area contributed by atoms with E-state index in [-0.39, 0.29) is 23.6 Å². The quantitative estimate of drug-likeness (QED) is 0.348. The van der Waals surface area contributed by atoms with Crippen molar-refractivity contribution in [1.82, 2.24) is 14.4 Å². The number of halogens is 5. The molecule has 0 aliphatic heterocycles. The smallest absolute Gasteiger partial charge is 0.417 e. The molecule has 0 atom stereocenters. The number of hydrogen-bond acceptors (Lipinski definition) is 4. The van der Waals surface area contributed by atoms with Crippen LogP contribution in [0.2, 0.25) is 0 Å². The number of fused-ring (bicyclic) bond motifs is 1. The summed E-state index contributed by atoms with van der Waals surface area (Å²) in [6.07, 6.45) is -3.70. The lowest BCUT2D eigenvalue weighted by molar-refractivity contribution is -0.137. The topological polar surface area (TPSA) is 76.5 Å². The number of carbonyl (C=O) groups excluding carboxylic acids is 1. The van der Waals surface area contributed by atoms with Gasteiger partial charge >= 0.3 is 12.1 Å². The van der Waals surface area contributed by atoms with E-state index >= 15 is 0 Å². The number of rotatable bonds is 4. The molecule has 33 heavy (non-hydrogen) atoms. The fourth-order valence-corrected chi connectivity index (χ4v) is 3.39. The second kappa shape index (κ2) is 8.15. The van der Waals surface area contributed by atoms with E-state index in [1.54, 1.807) is 0 Å². The summed E-state index contributed by atoms with van der Waals surface area (Å²) in [5.41, 5.74) is -3.95. The molecule has 4 aromatic rings. The normalized spacial score (nSPS) is 11.7. The second-order valence-electron chi connectivity index (χ2n) is 6.89. The molecule has 2 aromatic carbocycles. The summed E-state index contributed by atoms with van der Waals surface area (Å²) in [7, 11) is 0. The number of ether oxygens (including phenoxy) is 1. The van der Waals surface area contributed by atoms with E-state index in [9.17, 15) is 31.5 Å². The van der Waals surface area contributed by atoms with Crippen LogP contribution in [0, 0.1) is 11.6 Å². The first kappa shape index (κ1) is 22.2. The molecule has 2 heterocycles. The third-order valence-corrected chi connectivity index (χ3v) is 4.81. The molecule has 0 amide bonds. The molecule has 0 aliphatic carbocycles. The monoisotopic (exact) mass is 463 g/mol. The number of aromatic nitrogens is 3. The second-order valence-corrected chi connectivity index (χ2v) is 6.89. The van der Waals surface area contributed by atoms with E-state index in [0.717, 1.165) is 40.9 Å². The molecule has 2 aromatic heterocycles. The number of imidazole rings is 1. The predicted octanol–water partition coefficient (Wildman–Crippen LogP) is 4.83. The van der Waals surface area contributed by atoms with Crippen LogP contribution in [0.3, 0.4) is 0 Å². The summed E-state index contributed by atoms with van der Waals surface area (Å²) >= 11 is 0. The van der Waals surface area contributed by atoms with E-state index in [0.29, 0.717) is 6.07 Å². The molecule has 170 valence electrons. The highest BCUT2D eigenvalue weighted by Crippen LogP contribution is 2.37. The lowest BCUT2D eigenvalue weighted by atomic mass is 10.0. The summed E-state index contributed by atoms with van der Waals surface area (Å²) in [5, 5.41) is 0. The average Bonchev–Trinajstić information content (AvgIpc) is 3.17. The maximum absolute atomic E-state index is 14.2. The first-order chi connectivity index (χ1) is 15.6. The van der Waals surface area contributed by atoms with Gasteiger partial charge in [-0.05, 0) is 25.1 Å². The Balaban J connectivity index is 2.04.